The third-order valence-electron chi connectivity index (χ3n) is 4.33. The summed E-state index contributed by atoms with van der Waals surface area (Å²) in [7, 11) is 0. The minimum atomic E-state index is -0.880. The Bertz CT molecular complexity index is 1070. The van der Waals surface area contributed by atoms with Crippen molar-refractivity contribution in [2.45, 2.75) is 25.8 Å². The quantitative estimate of drug-likeness (QED) is 0.292. The molecule has 3 amide bonds. The van der Waals surface area contributed by atoms with Gasteiger partial charge in [-0.25, -0.2) is 9.82 Å². The lowest BCUT2D eigenvalue weighted by molar-refractivity contribution is -0.139. The van der Waals surface area contributed by atoms with E-state index in [0.717, 1.165) is 12.8 Å². The van der Waals surface area contributed by atoms with Crippen LogP contribution in [0.1, 0.15) is 25.3 Å². The number of nitrogens with one attached hydrogen (secondary N) is 3. The van der Waals surface area contributed by atoms with Crippen molar-refractivity contribution in [2.24, 2.45) is 5.10 Å². The zero-order valence-electron chi connectivity index (χ0n) is 17.7. The van der Waals surface area contributed by atoms with Gasteiger partial charge in [0, 0.05) is 6.04 Å². The predicted octanol–water partition coefficient (Wildman–Crippen LogP) is 2.62. The summed E-state index contributed by atoms with van der Waals surface area (Å²) in [6.07, 6.45) is 3.01. The fourth-order valence-electron chi connectivity index (χ4n) is 2.65. The summed E-state index contributed by atoms with van der Waals surface area (Å²) < 4.78 is 24.7. The lowest BCUT2D eigenvalue weighted by atomic mass is 10.2. The number of ether oxygens (including phenoxy) is 2. The summed E-state index contributed by atoms with van der Waals surface area (Å²) in [6.45, 7) is 1.60. The molecule has 9 nitrogen and oxygen atoms in total. The Morgan fingerprint density at radius 3 is 2.64 bits per heavy atom. The Balaban J connectivity index is 1.62. The van der Waals surface area contributed by atoms with Crippen molar-refractivity contribution in [1.82, 2.24) is 10.7 Å². The molecule has 3 N–H and O–H groups in total. The number of hydrogen-bond donors (Lipinski definition) is 3. The number of hydrazone groups is 1. The lowest BCUT2D eigenvalue weighted by Crippen LogP contribution is -2.38. The van der Waals surface area contributed by atoms with E-state index in [0.29, 0.717) is 5.56 Å². The fraction of sp³-hybridized carbons (Fsp3) is 0.273. The molecule has 33 heavy (non-hydrogen) atoms. The normalized spacial score (nSPS) is 12.8. The molecular weight excluding hydrogens is 455 g/mol. The van der Waals surface area contributed by atoms with E-state index >= 15 is 0 Å². The Morgan fingerprint density at radius 1 is 1.18 bits per heavy atom. The Hall–Kier alpha value is -3.66. The molecule has 0 aromatic heterocycles. The highest BCUT2D eigenvalue weighted by Gasteiger charge is 2.26. The standard InChI is InChI=1S/C22H22ClFN4O5/c1-2-32-18-10-13(11-25-28-22(31)21(30)26-14-7-8-14)9-15(23)20(18)33-12-19(29)27-17-6-4-3-5-16(17)24/h3-6,9-11,14H,2,7-8,12H2,1H3,(H,26,30)(H,27,29)(H,28,31)/b25-11-. The Morgan fingerprint density at radius 2 is 1.94 bits per heavy atom. The molecule has 1 fully saturated rings. The van der Waals surface area contributed by atoms with Crippen LogP contribution < -0.4 is 25.5 Å². The van der Waals surface area contributed by atoms with Crippen LogP contribution in [-0.2, 0) is 14.4 Å². The molecule has 3 rings (SSSR count). The average Bonchev–Trinajstić information content (AvgIpc) is 3.59. The van der Waals surface area contributed by atoms with Gasteiger partial charge in [0.05, 0.1) is 23.5 Å². The molecule has 0 spiro atoms. The molecule has 0 bridgehead atoms. The van der Waals surface area contributed by atoms with Crippen LogP contribution in [0.15, 0.2) is 41.5 Å². The second-order valence-electron chi connectivity index (χ2n) is 7.03. The van der Waals surface area contributed by atoms with Crippen molar-refractivity contribution in [2.75, 3.05) is 18.5 Å². The summed E-state index contributed by atoms with van der Waals surface area (Å²) >= 11 is 6.29. The van der Waals surface area contributed by atoms with E-state index in [1.54, 1.807) is 19.1 Å². The van der Waals surface area contributed by atoms with Crippen molar-refractivity contribution in [3.63, 3.8) is 0 Å². The van der Waals surface area contributed by atoms with Crippen molar-refractivity contribution in [3.8, 4) is 11.5 Å². The first kappa shape index (κ1) is 24.0. The van der Waals surface area contributed by atoms with E-state index < -0.39 is 30.1 Å². The molecular formula is C22H22ClFN4O5. The largest absolute Gasteiger partial charge is 0.490 e. The molecule has 1 aliphatic carbocycles. The lowest BCUT2D eigenvalue weighted by Gasteiger charge is -2.14. The molecule has 2 aromatic rings. The molecule has 0 radical (unpaired) electrons. The van der Waals surface area contributed by atoms with E-state index in [4.69, 9.17) is 21.1 Å². The number of carbonyl (C=O) groups excluding carboxylic acids is 3. The van der Waals surface area contributed by atoms with Crippen LogP contribution in [0.4, 0.5) is 10.1 Å². The van der Waals surface area contributed by atoms with E-state index in [-0.39, 0.29) is 34.9 Å². The van der Waals surface area contributed by atoms with E-state index in [2.05, 4.69) is 21.2 Å². The van der Waals surface area contributed by atoms with Gasteiger partial charge < -0.3 is 20.1 Å². The van der Waals surface area contributed by atoms with Crippen LogP contribution in [0.5, 0.6) is 11.5 Å². The second-order valence-corrected chi connectivity index (χ2v) is 7.43. The monoisotopic (exact) mass is 476 g/mol. The van der Waals surface area contributed by atoms with Gasteiger partial charge in [0.25, 0.3) is 5.91 Å². The first-order chi connectivity index (χ1) is 15.9. The molecule has 174 valence electrons. The average molecular weight is 477 g/mol. The summed E-state index contributed by atoms with van der Waals surface area (Å²) in [6, 6.07) is 8.83. The third kappa shape index (κ3) is 7.18. The maximum absolute atomic E-state index is 13.7. The van der Waals surface area contributed by atoms with Gasteiger partial charge in [0.1, 0.15) is 5.82 Å². The molecule has 0 unspecified atom stereocenters. The van der Waals surface area contributed by atoms with E-state index in [1.807, 2.05) is 0 Å². The van der Waals surface area contributed by atoms with Gasteiger partial charge in [-0.1, -0.05) is 23.7 Å². The fourth-order valence-corrected chi connectivity index (χ4v) is 2.92. The highest BCUT2D eigenvalue weighted by Crippen LogP contribution is 2.36. The van der Waals surface area contributed by atoms with Gasteiger partial charge in [-0.2, -0.15) is 5.10 Å². The number of halogens is 2. The first-order valence-electron chi connectivity index (χ1n) is 10.1. The number of para-hydroxylation sites is 1. The van der Waals surface area contributed by atoms with Crippen LogP contribution in [-0.4, -0.2) is 43.2 Å². The maximum atomic E-state index is 13.7. The van der Waals surface area contributed by atoms with Gasteiger partial charge in [0.15, 0.2) is 18.1 Å². The molecule has 0 saturated heterocycles. The number of amides is 3. The van der Waals surface area contributed by atoms with Gasteiger partial charge in [-0.05, 0) is 49.6 Å². The summed E-state index contributed by atoms with van der Waals surface area (Å²) in [5, 5.41) is 8.83. The SMILES string of the molecule is CCOc1cc(/C=N\NC(=O)C(=O)NC2CC2)cc(Cl)c1OCC(=O)Nc1ccccc1F. The number of nitrogens with zero attached hydrogens (tertiary/aromatic N) is 1. The Kier molecular flexibility index (Phi) is 8.20. The van der Waals surface area contributed by atoms with Crippen molar-refractivity contribution in [1.29, 1.82) is 0 Å². The van der Waals surface area contributed by atoms with Gasteiger partial charge >= 0.3 is 11.8 Å². The third-order valence-corrected chi connectivity index (χ3v) is 4.61. The molecule has 0 aliphatic heterocycles. The molecule has 1 aliphatic rings. The van der Waals surface area contributed by atoms with Gasteiger partial charge in [0.2, 0.25) is 0 Å². The van der Waals surface area contributed by atoms with Gasteiger partial charge in [-0.3, -0.25) is 14.4 Å². The highest BCUT2D eigenvalue weighted by molar-refractivity contribution is 6.35. The number of rotatable bonds is 9. The maximum Gasteiger partial charge on any atom is 0.329 e. The smallest absolute Gasteiger partial charge is 0.329 e. The summed E-state index contributed by atoms with van der Waals surface area (Å²) in [5.41, 5.74) is 2.62. The molecule has 0 atom stereocenters. The van der Waals surface area contributed by atoms with Crippen molar-refractivity contribution in [3.05, 3.63) is 52.8 Å². The van der Waals surface area contributed by atoms with Gasteiger partial charge in [-0.15, -0.1) is 0 Å². The summed E-state index contributed by atoms with van der Waals surface area (Å²) in [4.78, 5) is 35.5. The van der Waals surface area contributed by atoms with Crippen LogP contribution in [0.25, 0.3) is 0 Å². The minimum Gasteiger partial charge on any atom is -0.490 e. The number of hydrogen-bond acceptors (Lipinski definition) is 6. The molecule has 2 aromatic carbocycles. The van der Waals surface area contributed by atoms with Crippen molar-refractivity contribution < 1.29 is 28.2 Å². The second kappa shape index (κ2) is 11.3. The number of carbonyl (C=O) groups is 3. The highest BCUT2D eigenvalue weighted by atomic mass is 35.5. The van der Waals surface area contributed by atoms with E-state index in [9.17, 15) is 18.8 Å². The zero-order chi connectivity index (χ0) is 23.8. The van der Waals surface area contributed by atoms with Crippen LogP contribution in [0.2, 0.25) is 5.02 Å². The molecule has 11 heteroatoms. The Labute approximate surface area is 194 Å². The zero-order valence-corrected chi connectivity index (χ0v) is 18.4. The number of benzene rings is 2. The van der Waals surface area contributed by atoms with Crippen molar-refractivity contribution >= 4 is 41.2 Å². The number of anilines is 1. The molecule has 1 saturated carbocycles. The first-order valence-corrected chi connectivity index (χ1v) is 10.5. The van der Waals surface area contributed by atoms with E-state index in [1.165, 1.54) is 30.5 Å². The predicted molar refractivity (Wildman–Crippen MR) is 120 cm³/mol. The van der Waals surface area contributed by atoms with Crippen LogP contribution in [0, 0.1) is 5.82 Å². The minimum absolute atomic E-state index is 0.0293. The topological polar surface area (TPSA) is 118 Å². The summed E-state index contributed by atoms with van der Waals surface area (Å²) in [5.74, 6) is -2.43. The molecule has 0 heterocycles. The van der Waals surface area contributed by atoms with Crippen LogP contribution >= 0.6 is 11.6 Å². The van der Waals surface area contributed by atoms with Crippen LogP contribution in [0.3, 0.4) is 0 Å².